The monoisotopic (exact) mass is 187 g/mol. The molecule has 0 spiro atoms. The van der Waals surface area contributed by atoms with Crippen LogP contribution in [-0.4, -0.2) is 14.7 Å². The number of rotatable bonds is 1. The molecule has 1 unspecified atom stereocenters. The topological polar surface area (TPSA) is 29.4 Å². The molecule has 0 bridgehead atoms. The first-order valence-corrected chi connectivity index (χ1v) is 5.59. The highest BCUT2D eigenvalue weighted by atomic mass is 32.2. The summed E-state index contributed by atoms with van der Waals surface area (Å²) in [6.07, 6.45) is 4.56. The van der Waals surface area contributed by atoms with Gasteiger partial charge in [-0.05, 0) is 46.5 Å². The van der Waals surface area contributed by atoms with Crippen molar-refractivity contribution in [3.8, 4) is 0 Å². The number of nitrogens with zero attached hydrogens (tertiary/aromatic N) is 1. The zero-order chi connectivity index (χ0) is 9.19. The van der Waals surface area contributed by atoms with Crippen LogP contribution < -0.4 is 0 Å². The fourth-order valence-electron chi connectivity index (χ4n) is 1.13. The lowest BCUT2D eigenvalue weighted by atomic mass is 10.3. The second-order valence-electron chi connectivity index (χ2n) is 4.23. The highest BCUT2D eigenvalue weighted by Gasteiger charge is 2.20. The van der Waals surface area contributed by atoms with Crippen LogP contribution in [0.4, 0.5) is 0 Å². The molecular formula is C9H17NOS. The van der Waals surface area contributed by atoms with Gasteiger partial charge in [0.2, 0.25) is 0 Å². The van der Waals surface area contributed by atoms with Gasteiger partial charge in [-0.3, -0.25) is 0 Å². The Balaban J connectivity index is 2.60. The summed E-state index contributed by atoms with van der Waals surface area (Å²) in [7, 11) is -1.04. The quantitative estimate of drug-likeness (QED) is 0.620. The first kappa shape index (κ1) is 9.90. The van der Waals surface area contributed by atoms with Gasteiger partial charge in [0.05, 0.1) is 4.75 Å². The zero-order valence-electron chi connectivity index (χ0n) is 8.09. The van der Waals surface area contributed by atoms with Gasteiger partial charge in [0.15, 0.2) is 0 Å². The van der Waals surface area contributed by atoms with E-state index < -0.39 is 11.0 Å². The van der Waals surface area contributed by atoms with Crippen LogP contribution in [0.1, 0.15) is 46.5 Å². The molecule has 12 heavy (non-hydrogen) atoms. The standard InChI is InChI=1S/C9H17NOS/c1-9(2,3)12(11)10-8-6-4-5-7-8/h4-7H2,1-3H3. The van der Waals surface area contributed by atoms with Gasteiger partial charge in [-0.25, -0.2) is 4.21 Å². The predicted molar refractivity (Wildman–Crippen MR) is 53.8 cm³/mol. The second kappa shape index (κ2) is 3.69. The van der Waals surface area contributed by atoms with Crippen molar-refractivity contribution in [1.29, 1.82) is 0 Å². The highest BCUT2D eigenvalue weighted by Crippen LogP contribution is 2.19. The fourth-order valence-corrected chi connectivity index (χ4v) is 1.82. The van der Waals surface area contributed by atoms with Crippen LogP contribution >= 0.6 is 0 Å². The Morgan fingerprint density at radius 2 is 1.75 bits per heavy atom. The van der Waals surface area contributed by atoms with Crippen molar-refractivity contribution in [1.82, 2.24) is 0 Å². The molecular weight excluding hydrogens is 170 g/mol. The lowest BCUT2D eigenvalue weighted by Crippen LogP contribution is -2.20. The summed E-state index contributed by atoms with van der Waals surface area (Å²) < 4.78 is 15.6. The molecule has 1 aliphatic rings. The first-order chi connectivity index (χ1) is 5.50. The molecule has 70 valence electrons. The predicted octanol–water partition coefficient (Wildman–Crippen LogP) is 2.46. The van der Waals surface area contributed by atoms with E-state index in [1.165, 1.54) is 12.8 Å². The van der Waals surface area contributed by atoms with Crippen LogP contribution in [0.25, 0.3) is 0 Å². The van der Waals surface area contributed by atoms with Crippen molar-refractivity contribution in [2.75, 3.05) is 0 Å². The lowest BCUT2D eigenvalue weighted by Gasteiger charge is -2.13. The Kier molecular flexibility index (Phi) is 3.04. The summed E-state index contributed by atoms with van der Waals surface area (Å²) in [5, 5.41) is 0. The molecule has 0 heterocycles. The largest absolute Gasteiger partial charge is 0.234 e. The van der Waals surface area contributed by atoms with Crippen molar-refractivity contribution in [3.63, 3.8) is 0 Å². The summed E-state index contributed by atoms with van der Waals surface area (Å²) in [5.74, 6) is 0. The molecule has 1 fully saturated rings. The smallest absolute Gasteiger partial charge is 0.144 e. The SMILES string of the molecule is CC(C)(C)S(=O)N=C1CCCC1. The van der Waals surface area contributed by atoms with Gasteiger partial charge in [-0.2, -0.15) is 4.40 Å². The van der Waals surface area contributed by atoms with E-state index >= 15 is 0 Å². The maximum Gasteiger partial charge on any atom is 0.144 e. The Bertz CT molecular complexity index is 207. The number of hydrogen-bond acceptors (Lipinski definition) is 1. The van der Waals surface area contributed by atoms with Crippen LogP contribution in [0, 0.1) is 0 Å². The van der Waals surface area contributed by atoms with Gasteiger partial charge < -0.3 is 0 Å². The second-order valence-corrected chi connectivity index (χ2v) is 6.13. The van der Waals surface area contributed by atoms with Crippen LogP contribution in [-0.2, 0) is 11.0 Å². The summed E-state index contributed by atoms with van der Waals surface area (Å²) in [6.45, 7) is 5.88. The maximum atomic E-state index is 11.5. The van der Waals surface area contributed by atoms with E-state index in [9.17, 15) is 4.21 Å². The molecule has 1 aliphatic carbocycles. The van der Waals surface area contributed by atoms with Gasteiger partial charge >= 0.3 is 0 Å². The summed E-state index contributed by atoms with van der Waals surface area (Å²) in [4.78, 5) is 0. The molecule has 1 atom stereocenters. The summed E-state index contributed by atoms with van der Waals surface area (Å²) in [5.41, 5.74) is 1.16. The molecule has 0 radical (unpaired) electrons. The zero-order valence-corrected chi connectivity index (χ0v) is 8.91. The van der Waals surface area contributed by atoms with Crippen LogP contribution in [0.15, 0.2) is 4.40 Å². The minimum absolute atomic E-state index is 0.199. The molecule has 0 aromatic carbocycles. The van der Waals surface area contributed by atoms with Crippen molar-refractivity contribution in [2.24, 2.45) is 4.40 Å². The Morgan fingerprint density at radius 3 is 2.17 bits per heavy atom. The van der Waals surface area contributed by atoms with Crippen LogP contribution in [0.2, 0.25) is 0 Å². The molecule has 0 amide bonds. The summed E-state index contributed by atoms with van der Waals surface area (Å²) in [6, 6.07) is 0. The normalized spacial score (nSPS) is 21.1. The highest BCUT2D eigenvalue weighted by molar-refractivity contribution is 7.85. The van der Waals surface area contributed by atoms with Crippen molar-refractivity contribution >= 4 is 16.7 Å². The van der Waals surface area contributed by atoms with E-state index in [0.717, 1.165) is 18.6 Å². The average molecular weight is 187 g/mol. The van der Waals surface area contributed by atoms with Gasteiger partial charge in [0.25, 0.3) is 0 Å². The average Bonchev–Trinajstić information content (AvgIpc) is 2.37. The van der Waals surface area contributed by atoms with Gasteiger partial charge in [-0.15, -0.1) is 0 Å². The van der Waals surface area contributed by atoms with Crippen molar-refractivity contribution < 1.29 is 4.21 Å². The van der Waals surface area contributed by atoms with E-state index in [0.29, 0.717) is 0 Å². The van der Waals surface area contributed by atoms with E-state index in [2.05, 4.69) is 4.40 Å². The minimum Gasteiger partial charge on any atom is -0.234 e. The minimum atomic E-state index is -1.04. The third-order valence-corrected chi connectivity index (χ3v) is 3.39. The third kappa shape index (κ3) is 2.70. The summed E-state index contributed by atoms with van der Waals surface area (Å²) >= 11 is 0. The molecule has 3 heteroatoms. The lowest BCUT2D eigenvalue weighted by molar-refractivity contribution is 0.650. The van der Waals surface area contributed by atoms with Gasteiger partial charge in [0, 0.05) is 5.71 Å². The molecule has 0 aromatic rings. The van der Waals surface area contributed by atoms with Crippen LogP contribution in [0.3, 0.4) is 0 Å². The van der Waals surface area contributed by atoms with E-state index in [1.54, 1.807) is 0 Å². The van der Waals surface area contributed by atoms with Gasteiger partial charge in [0.1, 0.15) is 11.0 Å². The first-order valence-electron chi connectivity index (χ1n) is 4.48. The molecule has 1 saturated carbocycles. The third-order valence-electron chi connectivity index (χ3n) is 1.92. The molecule has 1 rings (SSSR count). The van der Waals surface area contributed by atoms with E-state index in [-0.39, 0.29) is 4.75 Å². The Labute approximate surface area is 77.1 Å². The maximum absolute atomic E-state index is 11.5. The van der Waals surface area contributed by atoms with Crippen molar-refractivity contribution in [3.05, 3.63) is 0 Å². The molecule has 0 aliphatic heterocycles. The molecule has 2 nitrogen and oxygen atoms in total. The van der Waals surface area contributed by atoms with Crippen LogP contribution in [0.5, 0.6) is 0 Å². The molecule has 0 aromatic heterocycles. The van der Waals surface area contributed by atoms with Crippen molar-refractivity contribution in [2.45, 2.75) is 51.2 Å². The fraction of sp³-hybridized carbons (Fsp3) is 0.889. The molecule has 0 N–H and O–H groups in total. The van der Waals surface area contributed by atoms with Gasteiger partial charge in [-0.1, -0.05) is 0 Å². The number of hydrogen-bond donors (Lipinski definition) is 0. The Morgan fingerprint density at radius 1 is 1.25 bits per heavy atom. The van der Waals surface area contributed by atoms with E-state index in [1.807, 2.05) is 20.8 Å². The Hall–Kier alpha value is -0.180. The van der Waals surface area contributed by atoms with E-state index in [4.69, 9.17) is 0 Å². The molecule has 0 saturated heterocycles.